The van der Waals surface area contributed by atoms with Gasteiger partial charge in [-0.25, -0.2) is 0 Å². The summed E-state index contributed by atoms with van der Waals surface area (Å²) in [5.74, 6) is 0.198. The van der Waals surface area contributed by atoms with Crippen molar-refractivity contribution in [3.05, 3.63) is 29.8 Å². The molecule has 0 saturated heterocycles. The predicted molar refractivity (Wildman–Crippen MR) is 72.4 cm³/mol. The molecule has 0 aromatic heterocycles. The molecule has 0 heterocycles. The molecule has 0 bridgehead atoms. The first-order valence-corrected chi connectivity index (χ1v) is 6.58. The van der Waals surface area contributed by atoms with Gasteiger partial charge < -0.3 is 16.2 Å². The van der Waals surface area contributed by atoms with Crippen molar-refractivity contribution < 1.29 is 13.5 Å². The summed E-state index contributed by atoms with van der Waals surface area (Å²) in [5.41, 5.74) is 12.9. The van der Waals surface area contributed by atoms with Crippen molar-refractivity contribution in [3.63, 3.8) is 0 Å². The third-order valence-electron chi connectivity index (χ3n) is 3.20. The molecule has 0 aliphatic rings. The molecule has 1 aromatic rings. The molecule has 2 atom stereocenters. The zero-order chi connectivity index (χ0) is 14.3. The van der Waals surface area contributed by atoms with E-state index in [2.05, 4.69) is 11.7 Å². The van der Waals surface area contributed by atoms with E-state index in [1.165, 1.54) is 12.1 Å². The molecule has 0 radical (unpaired) electrons. The molecule has 0 fully saturated rings. The minimum absolute atomic E-state index is 0.00758. The molecule has 108 valence electrons. The number of hydrogen-bond acceptors (Lipinski definition) is 3. The Morgan fingerprint density at radius 3 is 2.32 bits per heavy atom. The van der Waals surface area contributed by atoms with Gasteiger partial charge in [0.25, 0.3) is 0 Å². The Morgan fingerprint density at radius 1 is 1.21 bits per heavy atom. The minimum Gasteiger partial charge on any atom is -0.435 e. The van der Waals surface area contributed by atoms with Crippen molar-refractivity contribution in [1.29, 1.82) is 0 Å². The molecule has 0 aliphatic carbocycles. The second-order valence-corrected chi connectivity index (χ2v) is 4.60. The van der Waals surface area contributed by atoms with Gasteiger partial charge in [0.2, 0.25) is 0 Å². The standard InChI is InChI=1S/C14H22F2N2O/c1-2-3-4-13(18)12(9-17)10-5-7-11(8-6-10)19-14(15)16/h5-8,12-14H,2-4,9,17-18H2,1H3. The van der Waals surface area contributed by atoms with Gasteiger partial charge in [-0.2, -0.15) is 8.78 Å². The van der Waals surface area contributed by atoms with E-state index in [-0.39, 0.29) is 17.7 Å². The topological polar surface area (TPSA) is 61.3 Å². The van der Waals surface area contributed by atoms with Crippen molar-refractivity contribution in [3.8, 4) is 5.75 Å². The SMILES string of the molecule is CCCCC(N)C(CN)c1ccc(OC(F)F)cc1. The summed E-state index contributed by atoms with van der Waals surface area (Å²) in [5, 5.41) is 0. The fourth-order valence-corrected chi connectivity index (χ4v) is 2.10. The zero-order valence-electron chi connectivity index (χ0n) is 11.2. The largest absolute Gasteiger partial charge is 0.435 e. The second-order valence-electron chi connectivity index (χ2n) is 4.60. The van der Waals surface area contributed by atoms with Crippen LogP contribution in [0.5, 0.6) is 5.75 Å². The van der Waals surface area contributed by atoms with Crippen LogP contribution in [0.3, 0.4) is 0 Å². The fraction of sp³-hybridized carbons (Fsp3) is 0.571. The summed E-state index contributed by atoms with van der Waals surface area (Å²) in [6, 6.07) is 6.54. The minimum atomic E-state index is -2.80. The maximum Gasteiger partial charge on any atom is 0.387 e. The number of halogens is 2. The van der Waals surface area contributed by atoms with Crippen LogP contribution < -0.4 is 16.2 Å². The molecule has 1 rings (SSSR count). The number of benzene rings is 1. The highest BCUT2D eigenvalue weighted by Gasteiger charge is 2.18. The van der Waals surface area contributed by atoms with Crippen molar-refractivity contribution in [2.24, 2.45) is 11.5 Å². The number of unbranched alkanes of at least 4 members (excludes halogenated alkanes) is 1. The summed E-state index contributed by atoms with van der Waals surface area (Å²) in [6.45, 7) is -0.247. The van der Waals surface area contributed by atoms with Crippen molar-refractivity contribution in [2.45, 2.75) is 44.8 Å². The van der Waals surface area contributed by atoms with Gasteiger partial charge in [0.15, 0.2) is 0 Å². The molecule has 5 heteroatoms. The van der Waals surface area contributed by atoms with Crippen molar-refractivity contribution >= 4 is 0 Å². The molecule has 0 amide bonds. The maximum absolute atomic E-state index is 12.1. The van der Waals surface area contributed by atoms with Crippen LogP contribution in [-0.4, -0.2) is 19.2 Å². The smallest absolute Gasteiger partial charge is 0.387 e. The normalized spacial score (nSPS) is 14.4. The lowest BCUT2D eigenvalue weighted by atomic mass is 9.89. The van der Waals surface area contributed by atoms with Crippen LogP contribution >= 0.6 is 0 Å². The first kappa shape index (κ1) is 15.9. The Hall–Kier alpha value is -1.20. The molecule has 0 spiro atoms. The van der Waals surface area contributed by atoms with Crippen LogP contribution in [0, 0.1) is 0 Å². The Labute approximate surface area is 112 Å². The Balaban J connectivity index is 2.70. The lowest BCUT2D eigenvalue weighted by Crippen LogP contribution is -2.33. The Kier molecular flexibility index (Phi) is 6.73. The number of rotatable bonds is 8. The van der Waals surface area contributed by atoms with Crippen LogP contribution in [0.25, 0.3) is 0 Å². The van der Waals surface area contributed by atoms with E-state index in [0.717, 1.165) is 24.8 Å². The molecule has 0 saturated carbocycles. The number of nitrogens with two attached hydrogens (primary N) is 2. The molecule has 0 aliphatic heterocycles. The molecule has 4 N–H and O–H groups in total. The highest BCUT2D eigenvalue weighted by molar-refractivity contribution is 5.30. The average Bonchev–Trinajstić information content (AvgIpc) is 2.38. The molecule has 3 nitrogen and oxygen atoms in total. The molecule has 1 aromatic carbocycles. The first-order chi connectivity index (χ1) is 9.08. The van der Waals surface area contributed by atoms with E-state index in [1.54, 1.807) is 12.1 Å². The van der Waals surface area contributed by atoms with Gasteiger partial charge in [-0.1, -0.05) is 31.9 Å². The van der Waals surface area contributed by atoms with Gasteiger partial charge in [0.05, 0.1) is 0 Å². The third-order valence-corrected chi connectivity index (χ3v) is 3.20. The van der Waals surface area contributed by atoms with Gasteiger partial charge in [-0.15, -0.1) is 0 Å². The molecular formula is C14H22F2N2O. The van der Waals surface area contributed by atoms with Crippen LogP contribution in [0.2, 0.25) is 0 Å². The summed E-state index contributed by atoms with van der Waals surface area (Å²) in [6.07, 6.45) is 3.06. The number of hydrogen-bond donors (Lipinski definition) is 2. The second kappa shape index (κ2) is 8.07. The highest BCUT2D eigenvalue weighted by Crippen LogP contribution is 2.24. The molecule has 2 unspecified atom stereocenters. The fourth-order valence-electron chi connectivity index (χ4n) is 2.10. The summed E-state index contributed by atoms with van der Waals surface area (Å²) >= 11 is 0. The van der Waals surface area contributed by atoms with E-state index in [9.17, 15) is 8.78 Å². The maximum atomic E-state index is 12.1. The van der Waals surface area contributed by atoms with Gasteiger partial charge in [-0.05, 0) is 24.1 Å². The van der Waals surface area contributed by atoms with Crippen molar-refractivity contribution in [2.75, 3.05) is 6.54 Å². The Bertz CT molecular complexity index is 357. The van der Waals surface area contributed by atoms with E-state index >= 15 is 0 Å². The average molecular weight is 272 g/mol. The lowest BCUT2D eigenvalue weighted by molar-refractivity contribution is -0.0498. The monoisotopic (exact) mass is 272 g/mol. The zero-order valence-corrected chi connectivity index (χ0v) is 11.2. The number of ether oxygens (including phenoxy) is 1. The first-order valence-electron chi connectivity index (χ1n) is 6.58. The van der Waals surface area contributed by atoms with Gasteiger partial charge in [0.1, 0.15) is 5.75 Å². The van der Waals surface area contributed by atoms with E-state index in [0.29, 0.717) is 6.54 Å². The van der Waals surface area contributed by atoms with E-state index in [1.807, 2.05) is 0 Å². The third kappa shape index (κ3) is 5.12. The van der Waals surface area contributed by atoms with Gasteiger partial charge in [0, 0.05) is 18.5 Å². The van der Waals surface area contributed by atoms with E-state index < -0.39 is 6.61 Å². The van der Waals surface area contributed by atoms with Gasteiger partial charge >= 0.3 is 6.61 Å². The van der Waals surface area contributed by atoms with Gasteiger partial charge in [-0.3, -0.25) is 0 Å². The summed E-state index contributed by atoms with van der Waals surface area (Å²) < 4.78 is 28.4. The quantitative estimate of drug-likeness (QED) is 0.765. The van der Waals surface area contributed by atoms with Crippen LogP contribution in [0.1, 0.15) is 37.7 Å². The van der Waals surface area contributed by atoms with Crippen molar-refractivity contribution in [1.82, 2.24) is 0 Å². The molecular weight excluding hydrogens is 250 g/mol. The predicted octanol–water partition coefficient (Wildman–Crippen LogP) is 2.85. The number of alkyl halides is 2. The van der Waals surface area contributed by atoms with Crippen LogP contribution in [0.4, 0.5) is 8.78 Å². The lowest BCUT2D eigenvalue weighted by Gasteiger charge is -2.23. The van der Waals surface area contributed by atoms with E-state index in [4.69, 9.17) is 11.5 Å². The summed E-state index contributed by atoms with van der Waals surface area (Å²) in [4.78, 5) is 0. The summed E-state index contributed by atoms with van der Waals surface area (Å²) in [7, 11) is 0. The molecule has 19 heavy (non-hydrogen) atoms. The van der Waals surface area contributed by atoms with Crippen LogP contribution in [0.15, 0.2) is 24.3 Å². The Morgan fingerprint density at radius 2 is 1.84 bits per heavy atom. The highest BCUT2D eigenvalue weighted by atomic mass is 19.3. The van der Waals surface area contributed by atoms with Crippen LogP contribution in [-0.2, 0) is 0 Å².